The summed E-state index contributed by atoms with van der Waals surface area (Å²) in [6, 6.07) is 16.8. The summed E-state index contributed by atoms with van der Waals surface area (Å²) in [6.45, 7) is 2.60. The van der Waals surface area contributed by atoms with Crippen molar-refractivity contribution in [3.63, 3.8) is 0 Å². The molecule has 5 nitrogen and oxygen atoms in total. The Bertz CT molecular complexity index is 1010. The van der Waals surface area contributed by atoms with Crippen LogP contribution >= 0.6 is 0 Å². The molecular weight excluding hydrogens is 326 g/mol. The number of aromatic nitrogens is 1. The number of carbonyl (C=O) groups is 2. The van der Waals surface area contributed by atoms with Crippen molar-refractivity contribution in [1.29, 1.82) is 0 Å². The van der Waals surface area contributed by atoms with Crippen molar-refractivity contribution in [2.45, 2.75) is 19.8 Å². The number of fused-ring (bicyclic) bond motifs is 1. The SMILES string of the molecule is Cc1cc(C(=O)Nc2cccc(N3CCCC3=O)c2)c2ccccc2n1. The number of carbonyl (C=O) groups excluding carboxylic acids is 2. The van der Waals surface area contributed by atoms with Crippen LogP contribution in [-0.4, -0.2) is 23.3 Å². The van der Waals surface area contributed by atoms with Crippen LogP contribution in [0.5, 0.6) is 0 Å². The lowest BCUT2D eigenvalue weighted by Gasteiger charge is -2.17. The molecule has 3 aromatic rings. The van der Waals surface area contributed by atoms with E-state index in [4.69, 9.17) is 0 Å². The lowest BCUT2D eigenvalue weighted by molar-refractivity contribution is -0.117. The van der Waals surface area contributed by atoms with Gasteiger partial charge in [-0.2, -0.15) is 0 Å². The molecule has 1 aromatic heterocycles. The number of nitrogens with one attached hydrogen (secondary N) is 1. The third-order valence-corrected chi connectivity index (χ3v) is 4.58. The van der Waals surface area contributed by atoms with Crippen LogP contribution < -0.4 is 10.2 Å². The van der Waals surface area contributed by atoms with E-state index in [-0.39, 0.29) is 11.8 Å². The minimum absolute atomic E-state index is 0.129. The number of aryl methyl sites for hydroxylation is 1. The van der Waals surface area contributed by atoms with Crippen LogP contribution in [0, 0.1) is 6.92 Å². The third kappa shape index (κ3) is 3.04. The number of hydrogen-bond donors (Lipinski definition) is 1. The molecule has 0 aliphatic carbocycles. The summed E-state index contributed by atoms with van der Waals surface area (Å²) in [7, 11) is 0. The second-order valence-corrected chi connectivity index (χ2v) is 6.48. The summed E-state index contributed by atoms with van der Waals surface area (Å²) in [5.74, 6) is -0.0548. The van der Waals surface area contributed by atoms with Gasteiger partial charge in [0.25, 0.3) is 5.91 Å². The van der Waals surface area contributed by atoms with Gasteiger partial charge in [0.15, 0.2) is 0 Å². The largest absolute Gasteiger partial charge is 0.322 e. The first-order valence-corrected chi connectivity index (χ1v) is 8.70. The number of nitrogens with zero attached hydrogens (tertiary/aromatic N) is 2. The summed E-state index contributed by atoms with van der Waals surface area (Å²) in [5.41, 5.74) is 3.68. The minimum atomic E-state index is -0.184. The van der Waals surface area contributed by atoms with Gasteiger partial charge in [-0.1, -0.05) is 24.3 Å². The van der Waals surface area contributed by atoms with Gasteiger partial charge < -0.3 is 10.2 Å². The zero-order chi connectivity index (χ0) is 18.1. The molecule has 4 rings (SSSR count). The average molecular weight is 345 g/mol. The quantitative estimate of drug-likeness (QED) is 0.782. The van der Waals surface area contributed by atoms with Crippen molar-refractivity contribution in [3.05, 3.63) is 65.9 Å². The Hall–Kier alpha value is -3.21. The maximum atomic E-state index is 12.9. The van der Waals surface area contributed by atoms with Gasteiger partial charge in [0.05, 0.1) is 11.1 Å². The fourth-order valence-electron chi connectivity index (χ4n) is 3.37. The van der Waals surface area contributed by atoms with Crippen molar-refractivity contribution in [2.75, 3.05) is 16.8 Å². The Labute approximate surface area is 151 Å². The zero-order valence-corrected chi connectivity index (χ0v) is 14.5. The predicted molar refractivity (Wildman–Crippen MR) is 102 cm³/mol. The highest BCUT2D eigenvalue weighted by Crippen LogP contribution is 2.25. The van der Waals surface area contributed by atoms with Gasteiger partial charge in [-0.05, 0) is 43.7 Å². The summed E-state index contributed by atoms with van der Waals surface area (Å²) in [4.78, 5) is 31.0. The van der Waals surface area contributed by atoms with Crippen molar-refractivity contribution < 1.29 is 9.59 Å². The first-order valence-electron chi connectivity index (χ1n) is 8.70. The molecule has 1 fully saturated rings. The summed E-state index contributed by atoms with van der Waals surface area (Å²) in [6.07, 6.45) is 1.45. The van der Waals surface area contributed by atoms with Crippen LogP contribution in [0.2, 0.25) is 0 Å². The fraction of sp³-hybridized carbons (Fsp3) is 0.190. The molecule has 1 N–H and O–H groups in total. The van der Waals surface area contributed by atoms with E-state index < -0.39 is 0 Å². The Morgan fingerprint density at radius 3 is 2.77 bits per heavy atom. The zero-order valence-electron chi connectivity index (χ0n) is 14.5. The normalized spacial score (nSPS) is 14.0. The standard InChI is InChI=1S/C21H19N3O2/c1-14-12-18(17-8-2-3-9-19(17)22-14)21(26)23-15-6-4-7-16(13-15)24-11-5-10-20(24)25/h2-4,6-9,12-13H,5,10-11H2,1H3,(H,23,26). The molecule has 0 unspecified atom stereocenters. The van der Waals surface area contributed by atoms with Crippen LogP contribution in [0.15, 0.2) is 54.6 Å². The molecule has 0 saturated carbocycles. The molecule has 0 radical (unpaired) electrons. The summed E-state index contributed by atoms with van der Waals surface area (Å²) >= 11 is 0. The number of pyridine rings is 1. The Morgan fingerprint density at radius 1 is 1.12 bits per heavy atom. The number of para-hydroxylation sites is 1. The number of rotatable bonds is 3. The smallest absolute Gasteiger partial charge is 0.256 e. The van der Waals surface area contributed by atoms with Gasteiger partial charge in [0.2, 0.25) is 5.91 Å². The van der Waals surface area contributed by atoms with Gasteiger partial charge in [0.1, 0.15) is 0 Å². The van der Waals surface area contributed by atoms with E-state index in [0.717, 1.165) is 35.2 Å². The van der Waals surface area contributed by atoms with Crippen LogP contribution in [0.25, 0.3) is 10.9 Å². The van der Waals surface area contributed by atoms with Crippen molar-refractivity contribution in [2.24, 2.45) is 0 Å². The molecule has 26 heavy (non-hydrogen) atoms. The van der Waals surface area contributed by atoms with E-state index in [1.165, 1.54) is 0 Å². The third-order valence-electron chi connectivity index (χ3n) is 4.58. The first-order chi connectivity index (χ1) is 12.6. The fourth-order valence-corrected chi connectivity index (χ4v) is 3.37. The monoisotopic (exact) mass is 345 g/mol. The highest BCUT2D eigenvalue weighted by atomic mass is 16.2. The number of benzene rings is 2. The lowest BCUT2D eigenvalue weighted by Crippen LogP contribution is -2.23. The van der Waals surface area contributed by atoms with Gasteiger partial charge in [-0.25, -0.2) is 0 Å². The minimum Gasteiger partial charge on any atom is -0.322 e. The van der Waals surface area contributed by atoms with Crippen LogP contribution in [0.1, 0.15) is 28.9 Å². The molecule has 2 aromatic carbocycles. The molecule has 2 amide bonds. The summed E-state index contributed by atoms with van der Waals surface area (Å²) < 4.78 is 0. The predicted octanol–water partition coefficient (Wildman–Crippen LogP) is 3.92. The molecular formula is C21H19N3O2. The molecule has 1 aliphatic rings. The van der Waals surface area contributed by atoms with Gasteiger partial charge in [0, 0.05) is 35.4 Å². The van der Waals surface area contributed by atoms with E-state index in [1.807, 2.05) is 55.5 Å². The second-order valence-electron chi connectivity index (χ2n) is 6.48. The van der Waals surface area contributed by atoms with E-state index >= 15 is 0 Å². The van der Waals surface area contributed by atoms with Crippen LogP contribution in [0.3, 0.4) is 0 Å². The Balaban J connectivity index is 1.64. The van der Waals surface area contributed by atoms with E-state index in [2.05, 4.69) is 10.3 Å². The molecule has 1 saturated heterocycles. The van der Waals surface area contributed by atoms with Crippen LogP contribution in [0.4, 0.5) is 11.4 Å². The van der Waals surface area contributed by atoms with Gasteiger partial charge in [-0.3, -0.25) is 14.6 Å². The van der Waals surface area contributed by atoms with Crippen molar-refractivity contribution in [3.8, 4) is 0 Å². The molecule has 1 aliphatic heterocycles. The number of anilines is 2. The average Bonchev–Trinajstić information content (AvgIpc) is 3.07. The second kappa shape index (κ2) is 6.59. The van der Waals surface area contributed by atoms with E-state index in [0.29, 0.717) is 17.7 Å². The molecule has 5 heteroatoms. The summed E-state index contributed by atoms with van der Waals surface area (Å²) in [5, 5.41) is 3.77. The Morgan fingerprint density at radius 2 is 1.96 bits per heavy atom. The molecule has 0 spiro atoms. The van der Waals surface area contributed by atoms with Gasteiger partial charge in [-0.15, -0.1) is 0 Å². The maximum Gasteiger partial charge on any atom is 0.256 e. The van der Waals surface area contributed by atoms with E-state index in [1.54, 1.807) is 11.0 Å². The molecule has 2 heterocycles. The Kier molecular flexibility index (Phi) is 4.13. The molecule has 0 bridgehead atoms. The molecule has 0 atom stereocenters. The highest BCUT2D eigenvalue weighted by molar-refractivity contribution is 6.12. The lowest BCUT2D eigenvalue weighted by atomic mass is 10.1. The van der Waals surface area contributed by atoms with Crippen molar-refractivity contribution in [1.82, 2.24) is 4.98 Å². The number of hydrogen-bond acceptors (Lipinski definition) is 3. The topological polar surface area (TPSA) is 62.3 Å². The maximum absolute atomic E-state index is 12.9. The number of amides is 2. The van der Waals surface area contributed by atoms with Gasteiger partial charge >= 0.3 is 0 Å². The van der Waals surface area contributed by atoms with Crippen LogP contribution in [-0.2, 0) is 4.79 Å². The first kappa shape index (κ1) is 16.3. The molecule has 130 valence electrons. The van der Waals surface area contributed by atoms with Crippen molar-refractivity contribution >= 4 is 34.1 Å². The highest BCUT2D eigenvalue weighted by Gasteiger charge is 2.22. The van der Waals surface area contributed by atoms with E-state index in [9.17, 15) is 9.59 Å².